The van der Waals surface area contributed by atoms with Gasteiger partial charge in [-0.2, -0.15) is 0 Å². The highest BCUT2D eigenvalue weighted by molar-refractivity contribution is 7.90. The molecule has 0 saturated heterocycles. The van der Waals surface area contributed by atoms with Gasteiger partial charge in [0.05, 0.1) is 5.75 Å². The summed E-state index contributed by atoms with van der Waals surface area (Å²) in [4.78, 5) is 0. The van der Waals surface area contributed by atoms with Crippen molar-refractivity contribution in [2.24, 2.45) is 5.73 Å². The number of halogens is 1. The second-order valence-corrected chi connectivity index (χ2v) is 6.27. The van der Waals surface area contributed by atoms with E-state index in [1.807, 2.05) is 0 Å². The first-order valence-corrected chi connectivity index (χ1v) is 7.10. The molecule has 1 rings (SSSR count). The van der Waals surface area contributed by atoms with Gasteiger partial charge in [-0.1, -0.05) is 12.1 Å². The van der Waals surface area contributed by atoms with Crippen LogP contribution in [0.25, 0.3) is 0 Å². The Morgan fingerprint density at radius 3 is 2.69 bits per heavy atom. The minimum atomic E-state index is -2.97. The fourth-order valence-corrected chi connectivity index (χ4v) is 2.17. The van der Waals surface area contributed by atoms with Crippen molar-refractivity contribution >= 4 is 9.84 Å². The molecule has 0 fully saturated rings. The molecule has 0 aliphatic rings. The number of hydrogen-bond acceptors (Lipinski definition) is 3. The highest BCUT2D eigenvalue weighted by Gasteiger charge is 2.09. The summed E-state index contributed by atoms with van der Waals surface area (Å²) in [6, 6.07) is 5.93. The SMILES string of the molecule is CS(=O)(=O)CCC(N)Cc1cccc(F)c1. The summed E-state index contributed by atoms with van der Waals surface area (Å²) >= 11 is 0. The van der Waals surface area contributed by atoms with E-state index in [1.165, 1.54) is 18.4 Å². The third-order valence-electron chi connectivity index (χ3n) is 2.25. The van der Waals surface area contributed by atoms with Crippen LogP contribution in [-0.4, -0.2) is 26.5 Å². The smallest absolute Gasteiger partial charge is 0.147 e. The number of nitrogens with two attached hydrogens (primary N) is 1. The third-order valence-corrected chi connectivity index (χ3v) is 3.22. The van der Waals surface area contributed by atoms with Crippen molar-refractivity contribution in [1.29, 1.82) is 0 Å². The molecule has 0 spiro atoms. The zero-order valence-electron chi connectivity index (χ0n) is 9.19. The van der Waals surface area contributed by atoms with E-state index in [0.717, 1.165) is 5.56 Å². The first-order valence-electron chi connectivity index (χ1n) is 5.04. The number of rotatable bonds is 5. The molecule has 0 heterocycles. The lowest BCUT2D eigenvalue weighted by Gasteiger charge is -2.10. The number of benzene rings is 1. The van der Waals surface area contributed by atoms with Crippen molar-refractivity contribution in [3.63, 3.8) is 0 Å². The van der Waals surface area contributed by atoms with Gasteiger partial charge >= 0.3 is 0 Å². The molecule has 1 unspecified atom stereocenters. The van der Waals surface area contributed by atoms with Crippen LogP contribution < -0.4 is 5.73 Å². The minimum absolute atomic E-state index is 0.0729. The largest absolute Gasteiger partial charge is 0.327 e. The van der Waals surface area contributed by atoms with E-state index >= 15 is 0 Å². The van der Waals surface area contributed by atoms with E-state index in [1.54, 1.807) is 12.1 Å². The van der Waals surface area contributed by atoms with Crippen LogP contribution in [-0.2, 0) is 16.3 Å². The quantitative estimate of drug-likeness (QED) is 0.846. The molecule has 5 heteroatoms. The Hall–Kier alpha value is -0.940. The van der Waals surface area contributed by atoms with Crippen LogP contribution in [0.15, 0.2) is 24.3 Å². The summed E-state index contributed by atoms with van der Waals surface area (Å²) in [5.41, 5.74) is 6.57. The molecule has 0 amide bonds. The average molecular weight is 245 g/mol. The highest BCUT2D eigenvalue weighted by Crippen LogP contribution is 2.07. The Bertz CT molecular complexity index is 445. The maximum atomic E-state index is 12.9. The second-order valence-electron chi connectivity index (χ2n) is 4.01. The summed E-state index contributed by atoms with van der Waals surface area (Å²) in [6.45, 7) is 0. The van der Waals surface area contributed by atoms with Crippen molar-refractivity contribution < 1.29 is 12.8 Å². The van der Waals surface area contributed by atoms with Crippen LogP contribution >= 0.6 is 0 Å². The molecule has 2 N–H and O–H groups in total. The summed E-state index contributed by atoms with van der Waals surface area (Å²) in [6.07, 6.45) is 2.07. The first kappa shape index (κ1) is 13.1. The molecule has 0 aliphatic heterocycles. The molecule has 1 aromatic carbocycles. The minimum Gasteiger partial charge on any atom is -0.327 e. The maximum absolute atomic E-state index is 12.9. The van der Waals surface area contributed by atoms with Gasteiger partial charge in [0.1, 0.15) is 15.7 Å². The van der Waals surface area contributed by atoms with E-state index in [9.17, 15) is 12.8 Å². The fraction of sp³-hybridized carbons (Fsp3) is 0.455. The lowest BCUT2D eigenvalue weighted by molar-refractivity contribution is 0.583. The van der Waals surface area contributed by atoms with Crippen molar-refractivity contribution in [3.8, 4) is 0 Å². The van der Waals surface area contributed by atoms with E-state index in [4.69, 9.17) is 5.73 Å². The molecule has 0 aromatic heterocycles. The second kappa shape index (κ2) is 5.41. The van der Waals surface area contributed by atoms with Crippen molar-refractivity contribution in [2.75, 3.05) is 12.0 Å². The van der Waals surface area contributed by atoms with Gasteiger partial charge in [-0.15, -0.1) is 0 Å². The van der Waals surface area contributed by atoms with Crippen LogP contribution in [0.4, 0.5) is 4.39 Å². The summed E-state index contributed by atoms with van der Waals surface area (Å²) in [5, 5.41) is 0. The van der Waals surface area contributed by atoms with E-state index in [2.05, 4.69) is 0 Å². The van der Waals surface area contributed by atoms with E-state index < -0.39 is 9.84 Å². The van der Waals surface area contributed by atoms with Gasteiger partial charge in [-0.25, -0.2) is 12.8 Å². The Morgan fingerprint density at radius 2 is 2.12 bits per heavy atom. The lowest BCUT2D eigenvalue weighted by atomic mass is 10.0. The Balaban J connectivity index is 2.49. The van der Waals surface area contributed by atoms with Gasteiger partial charge < -0.3 is 5.73 Å². The van der Waals surface area contributed by atoms with Gasteiger partial charge in [0, 0.05) is 12.3 Å². The van der Waals surface area contributed by atoms with Crippen LogP contribution in [0, 0.1) is 5.82 Å². The molecule has 90 valence electrons. The molecule has 16 heavy (non-hydrogen) atoms. The highest BCUT2D eigenvalue weighted by atomic mass is 32.2. The van der Waals surface area contributed by atoms with Crippen molar-refractivity contribution in [1.82, 2.24) is 0 Å². The van der Waals surface area contributed by atoms with Gasteiger partial charge in [-0.05, 0) is 30.5 Å². The normalized spacial score (nSPS) is 13.7. The van der Waals surface area contributed by atoms with Gasteiger partial charge in [0.2, 0.25) is 0 Å². The summed E-state index contributed by atoms with van der Waals surface area (Å²) in [7, 11) is -2.97. The fourth-order valence-electron chi connectivity index (χ4n) is 1.43. The topological polar surface area (TPSA) is 60.2 Å². The van der Waals surface area contributed by atoms with Crippen LogP contribution in [0.5, 0.6) is 0 Å². The Kier molecular flexibility index (Phi) is 4.44. The molecule has 1 aromatic rings. The maximum Gasteiger partial charge on any atom is 0.147 e. The molecule has 0 saturated carbocycles. The molecular weight excluding hydrogens is 229 g/mol. The van der Waals surface area contributed by atoms with Gasteiger partial charge in [0.15, 0.2) is 0 Å². The lowest BCUT2D eigenvalue weighted by Crippen LogP contribution is -2.25. The zero-order chi connectivity index (χ0) is 12.2. The molecule has 1 atom stereocenters. The predicted octanol–water partition coefficient (Wildman–Crippen LogP) is 1.13. The number of sulfone groups is 1. The molecule has 3 nitrogen and oxygen atoms in total. The van der Waals surface area contributed by atoms with Crippen molar-refractivity contribution in [2.45, 2.75) is 18.9 Å². The Labute approximate surface area is 95.4 Å². The standard InChI is InChI=1S/C11H16FNO2S/c1-16(14,15)6-5-11(13)8-9-3-2-4-10(12)7-9/h2-4,7,11H,5-6,8,13H2,1H3. The molecule has 0 bridgehead atoms. The molecule has 0 radical (unpaired) electrons. The third kappa shape index (κ3) is 5.23. The molecular formula is C11H16FNO2S. The van der Waals surface area contributed by atoms with Gasteiger partial charge in [0.25, 0.3) is 0 Å². The van der Waals surface area contributed by atoms with Crippen molar-refractivity contribution in [3.05, 3.63) is 35.6 Å². The average Bonchev–Trinajstić information content (AvgIpc) is 2.14. The number of hydrogen-bond donors (Lipinski definition) is 1. The van der Waals surface area contributed by atoms with Crippen LogP contribution in [0.3, 0.4) is 0 Å². The summed E-state index contributed by atoms with van der Waals surface area (Å²) in [5.74, 6) is -0.225. The van der Waals surface area contributed by atoms with E-state index in [-0.39, 0.29) is 17.6 Å². The summed E-state index contributed by atoms with van der Waals surface area (Å²) < 4.78 is 34.7. The zero-order valence-corrected chi connectivity index (χ0v) is 10.0. The monoisotopic (exact) mass is 245 g/mol. The Morgan fingerprint density at radius 1 is 1.44 bits per heavy atom. The van der Waals surface area contributed by atoms with Crippen LogP contribution in [0.1, 0.15) is 12.0 Å². The van der Waals surface area contributed by atoms with Crippen LogP contribution in [0.2, 0.25) is 0 Å². The first-order chi connectivity index (χ1) is 7.37. The predicted molar refractivity (Wildman–Crippen MR) is 62.4 cm³/mol. The van der Waals surface area contributed by atoms with Gasteiger partial charge in [-0.3, -0.25) is 0 Å². The molecule has 0 aliphatic carbocycles. The van der Waals surface area contributed by atoms with E-state index in [0.29, 0.717) is 12.8 Å².